The molecular formula is C22H21BrN2O4S. The van der Waals surface area contributed by atoms with Crippen LogP contribution >= 0.6 is 15.9 Å². The molecule has 1 amide bonds. The predicted molar refractivity (Wildman–Crippen MR) is 121 cm³/mol. The smallest absolute Gasteiger partial charge is 0.289 e. The zero-order valence-electron chi connectivity index (χ0n) is 16.4. The number of furan rings is 1. The Morgan fingerprint density at radius 1 is 1.07 bits per heavy atom. The Balaban J connectivity index is 1.45. The number of rotatable bonds is 4. The fourth-order valence-electron chi connectivity index (χ4n) is 3.50. The van der Waals surface area contributed by atoms with Crippen molar-refractivity contribution in [2.75, 3.05) is 26.2 Å². The lowest BCUT2D eigenvalue weighted by Crippen LogP contribution is -2.50. The zero-order valence-corrected chi connectivity index (χ0v) is 18.8. The molecule has 1 aliphatic heterocycles. The number of fused-ring (bicyclic) bond motifs is 1. The van der Waals surface area contributed by atoms with Crippen molar-refractivity contribution >= 4 is 48.9 Å². The summed E-state index contributed by atoms with van der Waals surface area (Å²) in [5.74, 6) is 0.0973. The molecule has 2 aromatic carbocycles. The van der Waals surface area contributed by atoms with E-state index >= 15 is 0 Å². The van der Waals surface area contributed by atoms with Crippen LogP contribution in [0.2, 0.25) is 0 Å². The summed E-state index contributed by atoms with van der Waals surface area (Å²) >= 11 is 3.44. The summed E-state index contributed by atoms with van der Waals surface area (Å²) in [4.78, 5) is 14.6. The molecule has 0 N–H and O–H groups in total. The Labute approximate surface area is 183 Å². The van der Waals surface area contributed by atoms with Gasteiger partial charge >= 0.3 is 0 Å². The number of aryl methyl sites for hydroxylation is 1. The highest BCUT2D eigenvalue weighted by molar-refractivity contribution is 9.10. The molecule has 1 fully saturated rings. The Morgan fingerprint density at radius 3 is 2.47 bits per heavy atom. The standard InChI is InChI=1S/C22H21BrN2O4S/c1-16-19-15-18(23)7-8-20(19)29-21(16)22(26)24-10-12-25(13-11-24)30(27,28)14-9-17-5-3-2-4-6-17/h2-9,14-15H,10-13H2,1H3/b14-9+. The van der Waals surface area contributed by atoms with Gasteiger partial charge in [-0.15, -0.1) is 0 Å². The van der Waals surface area contributed by atoms with Crippen LogP contribution in [-0.4, -0.2) is 49.7 Å². The maximum Gasteiger partial charge on any atom is 0.289 e. The molecule has 6 nitrogen and oxygen atoms in total. The van der Waals surface area contributed by atoms with E-state index in [2.05, 4.69) is 15.9 Å². The van der Waals surface area contributed by atoms with Gasteiger partial charge in [-0.25, -0.2) is 8.42 Å². The highest BCUT2D eigenvalue weighted by atomic mass is 79.9. The Bertz CT molecular complexity index is 1210. The minimum atomic E-state index is -3.54. The molecule has 30 heavy (non-hydrogen) atoms. The number of carbonyl (C=O) groups is 1. The van der Waals surface area contributed by atoms with Gasteiger partial charge < -0.3 is 9.32 Å². The molecule has 0 bridgehead atoms. The molecule has 156 valence electrons. The molecule has 1 aliphatic rings. The summed E-state index contributed by atoms with van der Waals surface area (Å²) in [7, 11) is -3.54. The molecule has 0 aliphatic carbocycles. The van der Waals surface area contributed by atoms with Crippen LogP contribution in [0.3, 0.4) is 0 Å². The Kier molecular flexibility index (Phi) is 5.81. The molecule has 0 saturated carbocycles. The third-order valence-corrected chi connectivity index (χ3v) is 7.27. The molecule has 8 heteroatoms. The van der Waals surface area contributed by atoms with Crippen molar-refractivity contribution < 1.29 is 17.6 Å². The summed E-state index contributed by atoms with van der Waals surface area (Å²) in [6.07, 6.45) is 1.59. The number of benzene rings is 2. The maximum atomic E-state index is 13.0. The van der Waals surface area contributed by atoms with Crippen LogP contribution in [0.4, 0.5) is 0 Å². The SMILES string of the molecule is Cc1c(C(=O)N2CCN(S(=O)(=O)/C=C/c3ccccc3)CC2)oc2ccc(Br)cc12. The number of sulfonamides is 1. The van der Waals surface area contributed by atoms with Crippen LogP contribution in [0.15, 0.2) is 62.8 Å². The van der Waals surface area contributed by atoms with E-state index in [1.165, 1.54) is 9.71 Å². The third-order valence-electron chi connectivity index (χ3n) is 5.21. The fraction of sp³-hybridized carbons (Fsp3) is 0.227. The number of halogens is 1. The highest BCUT2D eigenvalue weighted by Crippen LogP contribution is 2.29. The maximum absolute atomic E-state index is 13.0. The fourth-order valence-corrected chi connectivity index (χ4v) is 5.04. The number of hydrogen-bond donors (Lipinski definition) is 0. The number of piperazine rings is 1. The van der Waals surface area contributed by atoms with E-state index in [4.69, 9.17) is 4.42 Å². The number of nitrogens with zero attached hydrogens (tertiary/aromatic N) is 2. The third kappa shape index (κ3) is 4.21. The van der Waals surface area contributed by atoms with E-state index in [0.29, 0.717) is 24.4 Å². The highest BCUT2D eigenvalue weighted by Gasteiger charge is 2.30. The van der Waals surface area contributed by atoms with Gasteiger partial charge in [0, 0.05) is 47.0 Å². The van der Waals surface area contributed by atoms with Gasteiger partial charge in [-0.3, -0.25) is 4.79 Å². The average molecular weight is 489 g/mol. The van der Waals surface area contributed by atoms with E-state index in [9.17, 15) is 13.2 Å². The van der Waals surface area contributed by atoms with Gasteiger partial charge in [0.05, 0.1) is 0 Å². The largest absolute Gasteiger partial charge is 0.451 e. The van der Waals surface area contributed by atoms with E-state index in [-0.39, 0.29) is 19.0 Å². The molecule has 2 heterocycles. The minimum Gasteiger partial charge on any atom is -0.451 e. The predicted octanol–water partition coefficient (Wildman–Crippen LogP) is 4.26. The summed E-state index contributed by atoms with van der Waals surface area (Å²) in [6.45, 7) is 2.99. The quantitative estimate of drug-likeness (QED) is 0.549. The van der Waals surface area contributed by atoms with Gasteiger partial charge in [-0.05, 0) is 36.8 Å². The second-order valence-electron chi connectivity index (χ2n) is 7.15. The van der Waals surface area contributed by atoms with Crippen molar-refractivity contribution in [2.24, 2.45) is 0 Å². The average Bonchev–Trinajstić information content (AvgIpc) is 3.08. The lowest BCUT2D eigenvalue weighted by molar-refractivity contribution is 0.0668. The van der Waals surface area contributed by atoms with Gasteiger partial charge in [0.2, 0.25) is 10.0 Å². The second-order valence-corrected chi connectivity index (χ2v) is 9.88. The van der Waals surface area contributed by atoms with Crippen LogP contribution in [0, 0.1) is 6.92 Å². The monoisotopic (exact) mass is 488 g/mol. The first kappa shape index (κ1) is 20.8. The van der Waals surface area contributed by atoms with Crippen molar-refractivity contribution in [1.82, 2.24) is 9.21 Å². The summed E-state index contributed by atoms with van der Waals surface area (Å²) in [5, 5.41) is 2.11. The van der Waals surface area contributed by atoms with Crippen molar-refractivity contribution in [3.63, 3.8) is 0 Å². The van der Waals surface area contributed by atoms with Crippen LogP contribution < -0.4 is 0 Å². The molecule has 0 atom stereocenters. The first-order valence-corrected chi connectivity index (χ1v) is 11.9. The first-order chi connectivity index (χ1) is 14.3. The zero-order chi connectivity index (χ0) is 21.3. The van der Waals surface area contributed by atoms with E-state index < -0.39 is 10.0 Å². The van der Waals surface area contributed by atoms with Gasteiger partial charge in [0.25, 0.3) is 5.91 Å². The summed E-state index contributed by atoms with van der Waals surface area (Å²) in [6, 6.07) is 14.9. The van der Waals surface area contributed by atoms with Crippen LogP contribution in [0.25, 0.3) is 17.0 Å². The van der Waals surface area contributed by atoms with Crippen molar-refractivity contribution in [1.29, 1.82) is 0 Å². The van der Waals surface area contributed by atoms with E-state index in [0.717, 1.165) is 21.0 Å². The Hall–Kier alpha value is -2.42. The van der Waals surface area contributed by atoms with Crippen molar-refractivity contribution in [3.8, 4) is 0 Å². The van der Waals surface area contributed by atoms with Crippen molar-refractivity contribution in [2.45, 2.75) is 6.92 Å². The molecule has 4 rings (SSSR count). The number of carbonyl (C=O) groups excluding carboxylic acids is 1. The van der Waals surface area contributed by atoms with E-state index in [1.54, 1.807) is 11.0 Å². The topological polar surface area (TPSA) is 70.8 Å². The molecule has 0 spiro atoms. The first-order valence-electron chi connectivity index (χ1n) is 9.56. The normalized spacial score (nSPS) is 15.9. The van der Waals surface area contributed by atoms with Gasteiger partial charge in [0.1, 0.15) is 5.58 Å². The summed E-state index contributed by atoms with van der Waals surface area (Å²) < 4.78 is 33.4. The molecule has 1 aromatic heterocycles. The molecule has 0 unspecified atom stereocenters. The second kappa shape index (κ2) is 8.37. The van der Waals surface area contributed by atoms with Crippen LogP contribution in [0.1, 0.15) is 21.7 Å². The van der Waals surface area contributed by atoms with E-state index in [1.807, 2.05) is 55.5 Å². The van der Waals surface area contributed by atoms with Gasteiger partial charge in [0.15, 0.2) is 5.76 Å². The number of amides is 1. The van der Waals surface area contributed by atoms with Crippen molar-refractivity contribution in [3.05, 3.63) is 75.3 Å². The van der Waals surface area contributed by atoms with Crippen LogP contribution in [0.5, 0.6) is 0 Å². The van der Waals surface area contributed by atoms with Gasteiger partial charge in [-0.2, -0.15) is 4.31 Å². The van der Waals surface area contributed by atoms with Crippen LogP contribution in [-0.2, 0) is 10.0 Å². The Morgan fingerprint density at radius 2 is 1.77 bits per heavy atom. The lowest BCUT2D eigenvalue weighted by atomic mass is 10.1. The molecule has 1 saturated heterocycles. The lowest BCUT2D eigenvalue weighted by Gasteiger charge is -2.33. The molecule has 3 aromatic rings. The van der Waals surface area contributed by atoms with Gasteiger partial charge in [-0.1, -0.05) is 46.3 Å². The molecular weight excluding hydrogens is 468 g/mol. The molecule has 0 radical (unpaired) electrons. The summed E-state index contributed by atoms with van der Waals surface area (Å²) in [5.41, 5.74) is 2.27. The minimum absolute atomic E-state index is 0.211. The number of hydrogen-bond acceptors (Lipinski definition) is 4.